The number of carbonyl (C=O) groups is 1. The maximum Gasteiger partial charge on any atom is 0.257 e. The first kappa shape index (κ1) is 13.1. The molecule has 7 heteroatoms. The summed E-state index contributed by atoms with van der Waals surface area (Å²) in [5.74, 6) is 0.323. The summed E-state index contributed by atoms with van der Waals surface area (Å²) in [6.07, 6.45) is 1.07. The van der Waals surface area contributed by atoms with E-state index in [0.717, 1.165) is 0 Å². The smallest absolute Gasteiger partial charge is 0.257 e. The summed E-state index contributed by atoms with van der Waals surface area (Å²) in [4.78, 5) is 12.1. The van der Waals surface area contributed by atoms with Crippen LogP contribution < -0.4 is 5.32 Å². The van der Waals surface area contributed by atoms with E-state index in [1.165, 1.54) is 0 Å². The molecular weight excluding hydrogens is 256 g/mol. The van der Waals surface area contributed by atoms with Crippen molar-refractivity contribution in [3.8, 4) is 0 Å². The average molecular weight is 272 g/mol. The predicted octanol–water partition coefficient (Wildman–Crippen LogP) is 0.462. The van der Waals surface area contributed by atoms with Crippen molar-refractivity contribution >= 4 is 15.7 Å². The van der Waals surface area contributed by atoms with Gasteiger partial charge in [-0.25, -0.2) is 8.42 Å². The zero-order valence-electron chi connectivity index (χ0n) is 10.4. The summed E-state index contributed by atoms with van der Waals surface area (Å²) < 4.78 is 27.6. The van der Waals surface area contributed by atoms with Gasteiger partial charge in [-0.05, 0) is 19.8 Å². The number of nitrogens with zero attached hydrogens (tertiary/aromatic N) is 1. The van der Waals surface area contributed by atoms with Crippen LogP contribution in [0.2, 0.25) is 0 Å². The Morgan fingerprint density at radius 1 is 1.56 bits per heavy atom. The first-order valence-electron chi connectivity index (χ1n) is 5.89. The molecule has 1 aromatic heterocycles. The fourth-order valence-corrected chi connectivity index (χ4v) is 3.79. The molecule has 1 amide bonds. The summed E-state index contributed by atoms with van der Waals surface area (Å²) in [6.45, 7) is 3.56. The van der Waals surface area contributed by atoms with Crippen LogP contribution in [-0.4, -0.2) is 37.0 Å². The minimum atomic E-state index is -2.99. The summed E-state index contributed by atoms with van der Waals surface area (Å²) in [6, 6.07) is -0.304. The number of nitrogens with one attached hydrogen (secondary N) is 1. The van der Waals surface area contributed by atoms with Gasteiger partial charge >= 0.3 is 0 Å². The van der Waals surface area contributed by atoms with Crippen LogP contribution in [0.3, 0.4) is 0 Å². The summed E-state index contributed by atoms with van der Waals surface area (Å²) in [5.41, 5.74) is 1.03. The summed E-state index contributed by atoms with van der Waals surface area (Å²) >= 11 is 0. The van der Waals surface area contributed by atoms with Crippen molar-refractivity contribution in [2.75, 3.05) is 11.5 Å². The molecule has 0 bridgehead atoms. The normalized spacial score (nSPS) is 22.0. The van der Waals surface area contributed by atoms with Gasteiger partial charge < -0.3 is 9.84 Å². The molecule has 0 aliphatic carbocycles. The fraction of sp³-hybridized carbons (Fsp3) is 0.636. The lowest BCUT2D eigenvalue weighted by molar-refractivity contribution is 0.0939. The summed E-state index contributed by atoms with van der Waals surface area (Å²) in [7, 11) is -2.99. The van der Waals surface area contributed by atoms with Crippen molar-refractivity contribution in [3.63, 3.8) is 0 Å². The largest absolute Gasteiger partial charge is 0.361 e. The van der Waals surface area contributed by atoms with Crippen LogP contribution >= 0.6 is 0 Å². The topological polar surface area (TPSA) is 89.3 Å². The van der Waals surface area contributed by atoms with E-state index >= 15 is 0 Å². The quantitative estimate of drug-likeness (QED) is 0.863. The number of aryl methyl sites for hydroxylation is 2. The lowest BCUT2D eigenvalue weighted by Gasteiger charge is -2.10. The molecule has 0 radical (unpaired) electrons. The van der Waals surface area contributed by atoms with Crippen molar-refractivity contribution in [1.82, 2.24) is 10.5 Å². The van der Waals surface area contributed by atoms with Gasteiger partial charge in [0.1, 0.15) is 11.3 Å². The number of aromatic nitrogens is 1. The Morgan fingerprint density at radius 3 is 2.83 bits per heavy atom. The van der Waals surface area contributed by atoms with Gasteiger partial charge in [-0.2, -0.15) is 0 Å². The zero-order chi connectivity index (χ0) is 13.3. The van der Waals surface area contributed by atoms with E-state index in [-0.39, 0.29) is 23.5 Å². The first-order valence-corrected chi connectivity index (χ1v) is 7.71. The second-order valence-electron chi connectivity index (χ2n) is 4.49. The number of amides is 1. The highest BCUT2D eigenvalue weighted by Crippen LogP contribution is 2.16. The predicted molar refractivity (Wildman–Crippen MR) is 65.1 cm³/mol. The fourth-order valence-electron chi connectivity index (χ4n) is 2.12. The summed E-state index contributed by atoms with van der Waals surface area (Å²) in [5, 5.41) is 6.54. The third kappa shape index (κ3) is 2.55. The Labute approximate surface area is 106 Å². The average Bonchev–Trinajstić information content (AvgIpc) is 2.81. The lowest BCUT2D eigenvalue weighted by Crippen LogP contribution is -2.36. The Balaban J connectivity index is 2.11. The molecule has 1 saturated heterocycles. The molecule has 1 aliphatic rings. The molecular formula is C11H16N2O4S. The SMILES string of the molecule is CCc1noc(C)c1C(=O)NC1CCS(=O)(=O)C1. The lowest BCUT2D eigenvalue weighted by atomic mass is 10.1. The number of rotatable bonds is 3. The number of hydrogen-bond acceptors (Lipinski definition) is 5. The number of hydrogen-bond donors (Lipinski definition) is 1. The third-order valence-electron chi connectivity index (χ3n) is 3.06. The van der Waals surface area contributed by atoms with Crippen molar-refractivity contribution in [3.05, 3.63) is 17.0 Å². The Hall–Kier alpha value is -1.37. The van der Waals surface area contributed by atoms with Crippen molar-refractivity contribution < 1.29 is 17.7 Å². The Morgan fingerprint density at radius 2 is 2.28 bits per heavy atom. The van der Waals surface area contributed by atoms with Crippen molar-refractivity contribution in [2.45, 2.75) is 32.7 Å². The van der Waals surface area contributed by atoms with E-state index < -0.39 is 9.84 Å². The van der Waals surface area contributed by atoms with Gasteiger partial charge in [-0.3, -0.25) is 4.79 Å². The molecule has 1 atom stereocenters. The molecule has 1 unspecified atom stereocenters. The van der Waals surface area contributed by atoms with Gasteiger partial charge in [-0.1, -0.05) is 12.1 Å². The molecule has 0 spiro atoms. The van der Waals surface area contributed by atoms with Gasteiger partial charge in [-0.15, -0.1) is 0 Å². The first-order chi connectivity index (χ1) is 8.43. The van der Waals surface area contributed by atoms with Crippen LogP contribution in [-0.2, 0) is 16.3 Å². The van der Waals surface area contributed by atoms with Gasteiger partial charge in [0.2, 0.25) is 0 Å². The highest BCUT2D eigenvalue weighted by atomic mass is 32.2. The van der Waals surface area contributed by atoms with Gasteiger partial charge in [0.15, 0.2) is 9.84 Å². The second kappa shape index (κ2) is 4.72. The minimum absolute atomic E-state index is 0.0184. The van der Waals surface area contributed by atoms with E-state index in [0.29, 0.717) is 29.9 Å². The highest BCUT2D eigenvalue weighted by Gasteiger charge is 2.30. The number of carbonyl (C=O) groups excluding carboxylic acids is 1. The van der Waals surface area contributed by atoms with Crippen LogP contribution in [0.25, 0.3) is 0 Å². The molecule has 18 heavy (non-hydrogen) atoms. The molecule has 1 fully saturated rings. The van der Waals surface area contributed by atoms with Crippen LogP contribution in [0.5, 0.6) is 0 Å². The minimum Gasteiger partial charge on any atom is -0.361 e. The van der Waals surface area contributed by atoms with Crippen LogP contribution in [0.4, 0.5) is 0 Å². The molecule has 1 aromatic rings. The molecule has 100 valence electrons. The van der Waals surface area contributed by atoms with Gasteiger partial charge in [0, 0.05) is 6.04 Å². The molecule has 0 saturated carbocycles. The molecule has 1 aliphatic heterocycles. The monoisotopic (exact) mass is 272 g/mol. The molecule has 2 rings (SSSR count). The van der Waals surface area contributed by atoms with E-state index in [1.807, 2.05) is 6.92 Å². The molecule has 2 heterocycles. The van der Waals surface area contributed by atoms with Gasteiger partial charge in [0.25, 0.3) is 5.91 Å². The second-order valence-corrected chi connectivity index (χ2v) is 6.72. The van der Waals surface area contributed by atoms with Crippen molar-refractivity contribution in [2.24, 2.45) is 0 Å². The molecule has 0 aromatic carbocycles. The van der Waals surface area contributed by atoms with E-state index in [4.69, 9.17) is 4.52 Å². The van der Waals surface area contributed by atoms with E-state index in [9.17, 15) is 13.2 Å². The highest BCUT2D eigenvalue weighted by molar-refractivity contribution is 7.91. The van der Waals surface area contributed by atoms with E-state index in [2.05, 4.69) is 10.5 Å². The van der Waals surface area contributed by atoms with Gasteiger partial charge in [0.05, 0.1) is 17.2 Å². The maximum absolute atomic E-state index is 12.1. The Bertz CT molecular complexity index is 562. The Kier molecular flexibility index (Phi) is 3.43. The van der Waals surface area contributed by atoms with Crippen LogP contribution in [0.1, 0.15) is 35.2 Å². The third-order valence-corrected chi connectivity index (χ3v) is 4.83. The maximum atomic E-state index is 12.1. The van der Waals surface area contributed by atoms with Crippen molar-refractivity contribution in [1.29, 1.82) is 0 Å². The number of sulfone groups is 1. The van der Waals surface area contributed by atoms with E-state index in [1.54, 1.807) is 6.92 Å². The zero-order valence-corrected chi connectivity index (χ0v) is 11.2. The standard InChI is InChI=1S/C11H16N2O4S/c1-3-9-10(7(2)17-13-9)11(14)12-8-4-5-18(15,16)6-8/h8H,3-6H2,1-2H3,(H,12,14). The van der Waals surface area contributed by atoms with Crippen LogP contribution in [0.15, 0.2) is 4.52 Å². The molecule has 6 nitrogen and oxygen atoms in total. The molecule has 1 N–H and O–H groups in total. The van der Waals surface area contributed by atoms with Crippen LogP contribution in [0, 0.1) is 6.92 Å².